The van der Waals surface area contributed by atoms with Crippen molar-refractivity contribution in [2.24, 2.45) is 0 Å². The van der Waals surface area contributed by atoms with Gasteiger partial charge in [-0.15, -0.1) is 0 Å². The van der Waals surface area contributed by atoms with Crippen molar-refractivity contribution in [2.45, 2.75) is 110 Å². The lowest BCUT2D eigenvalue weighted by atomic mass is 10.1. The molecule has 27 heavy (non-hydrogen) atoms. The van der Waals surface area contributed by atoms with Gasteiger partial charge in [0.15, 0.2) is 16.6 Å². The van der Waals surface area contributed by atoms with E-state index >= 15 is 0 Å². The van der Waals surface area contributed by atoms with Crippen LogP contribution in [-0.4, -0.2) is 36.1 Å². The van der Waals surface area contributed by atoms with Gasteiger partial charge in [-0.1, -0.05) is 47.6 Å². The van der Waals surface area contributed by atoms with Gasteiger partial charge in [-0.25, -0.2) is 0 Å². The summed E-state index contributed by atoms with van der Waals surface area (Å²) in [6, 6.07) is 0. The topological polar surface area (TPSA) is 35.5 Å². The van der Waals surface area contributed by atoms with Gasteiger partial charge < -0.3 is 8.85 Å². The minimum atomic E-state index is -1.67. The van der Waals surface area contributed by atoms with E-state index in [0.29, 0.717) is 0 Å². The quantitative estimate of drug-likeness (QED) is 0.148. The van der Waals surface area contributed by atoms with Gasteiger partial charge in [0.25, 0.3) is 0 Å². The Morgan fingerprint density at radius 1 is 0.778 bits per heavy atom. The molecule has 0 N–H and O–H groups in total. The van der Waals surface area contributed by atoms with E-state index in [4.69, 9.17) is 8.85 Å². The predicted octanol–water partition coefficient (Wildman–Crippen LogP) is 7.11. The fraction of sp³-hybridized carbons (Fsp3) is 0.864. The molecule has 0 aromatic carbocycles. The highest BCUT2D eigenvalue weighted by atomic mass is 28.4. The zero-order chi connectivity index (χ0) is 21.4. The van der Waals surface area contributed by atoms with Crippen molar-refractivity contribution in [3.05, 3.63) is 11.6 Å². The molecule has 0 heterocycles. The first-order valence-electron chi connectivity index (χ1n) is 10.6. The molecule has 0 aromatic rings. The lowest BCUT2D eigenvalue weighted by Gasteiger charge is -2.36. The highest BCUT2D eigenvalue weighted by Gasteiger charge is 2.37. The Bertz CT molecular complexity index is 469. The van der Waals surface area contributed by atoms with Crippen molar-refractivity contribution in [3.63, 3.8) is 0 Å². The Kier molecular flexibility index (Phi) is 11.0. The minimum Gasteiger partial charge on any atom is -0.417 e. The SMILES string of the molecule is CC(C)(C)[Si](C)(C)OCCCC/C=C(\C=O)CCCO[Si](C)(C)C(C)(C)C. The van der Waals surface area contributed by atoms with Crippen LogP contribution in [0.3, 0.4) is 0 Å². The molecular weight excluding hydrogens is 368 g/mol. The molecule has 0 atom stereocenters. The third kappa shape index (κ3) is 10.2. The number of hydrogen-bond acceptors (Lipinski definition) is 3. The zero-order valence-corrected chi connectivity index (χ0v) is 21.8. The average molecular weight is 415 g/mol. The van der Waals surface area contributed by atoms with Crippen LogP contribution in [0, 0.1) is 0 Å². The van der Waals surface area contributed by atoms with E-state index in [1.807, 2.05) is 0 Å². The van der Waals surface area contributed by atoms with Crippen molar-refractivity contribution < 1.29 is 13.6 Å². The monoisotopic (exact) mass is 414 g/mol. The van der Waals surface area contributed by atoms with Crippen LogP contribution in [0.1, 0.15) is 73.6 Å². The molecule has 0 aliphatic carbocycles. The molecule has 5 heteroatoms. The van der Waals surface area contributed by atoms with Gasteiger partial charge in [-0.05, 0) is 73.9 Å². The van der Waals surface area contributed by atoms with E-state index in [-0.39, 0.29) is 10.1 Å². The third-order valence-electron chi connectivity index (χ3n) is 6.30. The number of rotatable bonds is 12. The van der Waals surface area contributed by atoms with Gasteiger partial charge in [0.05, 0.1) is 0 Å². The normalized spacial score (nSPS) is 14.5. The first-order chi connectivity index (χ1) is 12.1. The zero-order valence-electron chi connectivity index (χ0n) is 19.8. The van der Waals surface area contributed by atoms with Crippen LogP contribution < -0.4 is 0 Å². The second-order valence-corrected chi connectivity index (χ2v) is 20.3. The van der Waals surface area contributed by atoms with Gasteiger partial charge >= 0.3 is 0 Å². The summed E-state index contributed by atoms with van der Waals surface area (Å²) in [5.74, 6) is 0. The van der Waals surface area contributed by atoms with Gasteiger partial charge in [-0.2, -0.15) is 0 Å². The molecule has 0 aliphatic heterocycles. The molecule has 0 bridgehead atoms. The molecule has 160 valence electrons. The van der Waals surface area contributed by atoms with Crippen molar-refractivity contribution in [1.29, 1.82) is 0 Å². The molecular formula is C22H46O3Si2. The Morgan fingerprint density at radius 2 is 1.22 bits per heavy atom. The highest BCUT2D eigenvalue weighted by Crippen LogP contribution is 2.37. The summed E-state index contributed by atoms with van der Waals surface area (Å²) in [5, 5.41) is 0.507. The highest BCUT2D eigenvalue weighted by molar-refractivity contribution is 6.74. The van der Waals surface area contributed by atoms with E-state index < -0.39 is 16.6 Å². The lowest BCUT2D eigenvalue weighted by Crippen LogP contribution is -2.40. The number of aldehydes is 1. The maximum absolute atomic E-state index is 11.3. The summed E-state index contributed by atoms with van der Waals surface area (Å²) < 4.78 is 12.4. The second-order valence-electron chi connectivity index (χ2n) is 10.7. The van der Waals surface area contributed by atoms with Crippen LogP contribution in [0.5, 0.6) is 0 Å². The predicted molar refractivity (Wildman–Crippen MR) is 124 cm³/mol. The van der Waals surface area contributed by atoms with Crippen LogP contribution in [0.25, 0.3) is 0 Å². The van der Waals surface area contributed by atoms with E-state index in [1.54, 1.807) is 0 Å². The smallest absolute Gasteiger partial charge is 0.191 e. The molecule has 0 saturated carbocycles. The van der Waals surface area contributed by atoms with Gasteiger partial charge in [0.1, 0.15) is 6.29 Å². The summed E-state index contributed by atoms with van der Waals surface area (Å²) in [5.41, 5.74) is 0.916. The van der Waals surface area contributed by atoms with Gasteiger partial charge in [-0.3, -0.25) is 4.79 Å². The first-order valence-corrected chi connectivity index (χ1v) is 16.4. The number of carbonyl (C=O) groups is 1. The largest absolute Gasteiger partial charge is 0.417 e. The minimum absolute atomic E-state index is 0.239. The van der Waals surface area contributed by atoms with E-state index in [0.717, 1.165) is 57.2 Å². The Hall–Kier alpha value is -0.236. The molecule has 0 saturated heterocycles. The van der Waals surface area contributed by atoms with Crippen LogP contribution in [0.15, 0.2) is 11.6 Å². The van der Waals surface area contributed by atoms with Crippen molar-refractivity contribution in [2.75, 3.05) is 13.2 Å². The van der Waals surface area contributed by atoms with Crippen LogP contribution >= 0.6 is 0 Å². The van der Waals surface area contributed by atoms with E-state index in [2.05, 4.69) is 73.8 Å². The summed E-state index contributed by atoms with van der Waals surface area (Å²) in [7, 11) is -3.30. The first kappa shape index (κ1) is 26.8. The molecule has 3 nitrogen and oxygen atoms in total. The molecule has 0 aromatic heterocycles. The fourth-order valence-corrected chi connectivity index (χ4v) is 4.28. The van der Waals surface area contributed by atoms with Crippen LogP contribution in [0.2, 0.25) is 36.3 Å². The Morgan fingerprint density at radius 3 is 1.63 bits per heavy atom. The second kappa shape index (κ2) is 11.1. The Labute approximate surface area is 171 Å². The fourth-order valence-electron chi connectivity index (χ4n) is 2.11. The maximum atomic E-state index is 11.3. The third-order valence-corrected chi connectivity index (χ3v) is 15.4. The molecule has 0 fully saturated rings. The molecule has 0 radical (unpaired) electrons. The maximum Gasteiger partial charge on any atom is 0.191 e. The van der Waals surface area contributed by atoms with Crippen molar-refractivity contribution in [1.82, 2.24) is 0 Å². The number of unbranched alkanes of at least 4 members (excludes halogenated alkanes) is 2. The molecule has 0 aliphatic rings. The van der Waals surface area contributed by atoms with Gasteiger partial charge in [0, 0.05) is 13.2 Å². The molecule has 0 unspecified atom stereocenters. The molecule has 0 spiro atoms. The van der Waals surface area contributed by atoms with Crippen LogP contribution in [-0.2, 0) is 13.6 Å². The average Bonchev–Trinajstić information content (AvgIpc) is 2.50. The number of hydrogen-bond donors (Lipinski definition) is 0. The summed E-state index contributed by atoms with van der Waals surface area (Å²) in [6.45, 7) is 24.3. The summed E-state index contributed by atoms with van der Waals surface area (Å²) >= 11 is 0. The lowest BCUT2D eigenvalue weighted by molar-refractivity contribution is -0.105. The summed E-state index contributed by atoms with van der Waals surface area (Å²) in [4.78, 5) is 11.3. The van der Waals surface area contributed by atoms with E-state index in [1.165, 1.54) is 0 Å². The Balaban J connectivity index is 4.09. The van der Waals surface area contributed by atoms with Crippen molar-refractivity contribution in [3.8, 4) is 0 Å². The van der Waals surface area contributed by atoms with Crippen LogP contribution in [0.4, 0.5) is 0 Å². The summed E-state index contributed by atoms with van der Waals surface area (Å²) in [6.07, 6.45) is 7.95. The standard InChI is InChI=1S/C22H46O3Si2/c1-21(2,3)26(7,8)24-17-13-11-12-15-20(19-23)16-14-18-25-27(9,10)22(4,5)6/h15,19H,11-14,16-18H2,1-10H3/b20-15-. The van der Waals surface area contributed by atoms with Crippen molar-refractivity contribution >= 4 is 22.9 Å². The molecule has 0 amide bonds. The van der Waals surface area contributed by atoms with Gasteiger partial charge in [0.2, 0.25) is 0 Å². The van der Waals surface area contributed by atoms with E-state index in [9.17, 15) is 4.79 Å². The number of carbonyl (C=O) groups excluding carboxylic acids is 1. The molecule has 0 rings (SSSR count). The number of allylic oxidation sites excluding steroid dienone is 2.